The van der Waals surface area contributed by atoms with Crippen molar-refractivity contribution in [1.29, 1.82) is 0 Å². The van der Waals surface area contributed by atoms with Gasteiger partial charge in [0.25, 0.3) is 5.91 Å². The van der Waals surface area contributed by atoms with Gasteiger partial charge in [-0.25, -0.2) is 9.37 Å². The van der Waals surface area contributed by atoms with Gasteiger partial charge in [0.05, 0.1) is 7.11 Å². The molecule has 1 aliphatic rings. The van der Waals surface area contributed by atoms with Crippen LogP contribution < -0.4 is 4.74 Å². The number of methoxy groups -OCH3 is 1. The molecule has 0 aliphatic carbocycles. The summed E-state index contributed by atoms with van der Waals surface area (Å²) in [5.74, 6) is 1.10. The van der Waals surface area contributed by atoms with E-state index in [9.17, 15) is 9.18 Å². The number of carbonyl (C=O) groups excluding carboxylic acids is 1. The minimum Gasteiger partial charge on any atom is -0.494 e. The van der Waals surface area contributed by atoms with Crippen LogP contribution in [0.15, 0.2) is 24.4 Å². The molecule has 3 rings (SSSR count). The highest BCUT2D eigenvalue weighted by Gasteiger charge is 2.25. The first-order valence-electron chi connectivity index (χ1n) is 8.61. The predicted octanol–water partition coefficient (Wildman–Crippen LogP) is 3.20. The van der Waals surface area contributed by atoms with Gasteiger partial charge in [-0.3, -0.25) is 4.79 Å². The van der Waals surface area contributed by atoms with E-state index in [2.05, 4.69) is 16.5 Å². The Bertz CT molecular complexity index is 745. The third-order valence-corrected chi connectivity index (χ3v) is 5.00. The summed E-state index contributed by atoms with van der Waals surface area (Å²) in [5.41, 5.74) is 1.54. The molecule has 0 radical (unpaired) electrons. The van der Waals surface area contributed by atoms with Crippen molar-refractivity contribution in [2.24, 2.45) is 5.92 Å². The number of imidazole rings is 1. The number of aryl methyl sites for hydroxylation is 2. The Kier molecular flexibility index (Phi) is 5.06. The average Bonchev–Trinajstić information content (AvgIpc) is 2.93. The molecule has 2 aromatic rings. The van der Waals surface area contributed by atoms with E-state index in [-0.39, 0.29) is 11.7 Å². The third kappa shape index (κ3) is 3.67. The summed E-state index contributed by atoms with van der Waals surface area (Å²) in [6, 6.07) is 4.37. The Balaban J connectivity index is 1.60. The van der Waals surface area contributed by atoms with Gasteiger partial charge < -0.3 is 14.2 Å². The highest BCUT2D eigenvalue weighted by molar-refractivity contribution is 5.94. The van der Waals surface area contributed by atoms with Gasteiger partial charge in [-0.1, -0.05) is 0 Å². The number of aromatic nitrogens is 2. The van der Waals surface area contributed by atoms with Crippen LogP contribution >= 0.6 is 0 Å². The van der Waals surface area contributed by atoms with Crippen LogP contribution in [0.2, 0.25) is 0 Å². The predicted molar refractivity (Wildman–Crippen MR) is 93.3 cm³/mol. The Labute approximate surface area is 147 Å². The molecule has 1 aromatic heterocycles. The Morgan fingerprint density at radius 3 is 2.60 bits per heavy atom. The first kappa shape index (κ1) is 17.5. The fourth-order valence-corrected chi connectivity index (χ4v) is 3.42. The lowest BCUT2D eigenvalue weighted by Gasteiger charge is -2.32. The zero-order valence-corrected chi connectivity index (χ0v) is 15.0. The van der Waals surface area contributed by atoms with E-state index in [0.717, 1.165) is 25.2 Å². The van der Waals surface area contributed by atoms with Crippen LogP contribution in [0.1, 0.15) is 34.7 Å². The van der Waals surface area contributed by atoms with Crippen molar-refractivity contribution in [1.82, 2.24) is 14.5 Å². The number of hydrogen-bond acceptors (Lipinski definition) is 3. The van der Waals surface area contributed by atoms with Crippen LogP contribution in [0.25, 0.3) is 0 Å². The topological polar surface area (TPSA) is 47.4 Å². The van der Waals surface area contributed by atoms with Crippen molar-refractivity contribution >= 4 is 5.91 Å². The monoisotopic (exact) mass is 345 g/mol. The minimum absolute atomic E-state index is 0.116. The number of halogens is 1. The van der Waals surface area contributed by atoms with Gasteiger partial charge in [0, 0.05) is 37.1 Å². The van der Waals surface area contributed by atoms with Crippen LogP contribution in [-0.2, 0) is 6.54 Å². The summed E-state index contributed by atoms with van der Waals surface area (Å²) in [6.45, 7) is 6.42. The molecule has 1 aliphatic heterocycles. The number of rotatable bonds is 4. The standard InChI is InChI=1S/C19H24FN3O2/c1-13-11-21-14(2)23(13)12-15-6-8-22(9-7-15)19(24)16-4-5-18(25-3)17(20)10-16/h4-5,10-11,15H,6-9,12H2,1-3H3. The molecule has 0 spiro atoms. The largest absolute Gasteiger partial charge is 0.494 e. The van der Waals surface area contributed by atoms with Crippen molar-refractivity contribution in [3.8, 4) is 5.75 Å². The summed E-state index contributed by atoms with van der Waals surface area (Å²) < 4.78 is 21.0. The van der Waals surface area contributed by atoms with Gasteiger partial charge in [-0.05, 0) is 50.8 Å². The second kappa shape index (κ2) is 7.25. The highest BCUT2D eigenvalue weighted by Crippen LogP contribution is 2.24. The molecule has 0 atom stereocenters. The van der Waals surface area contributed by atoms with E-state index in [1.165, 1.54) is 24.9 Å². The number of ether oxygens (including phenoxy) is 1. The summed E-state index contributed by atoms with van der Waals surface area (Å²) >= 11 is 0. The zero-order valence-electron chi connectivity index (χ0n) is 15.0. The smallest absolute Gasteiger partial charge is 0.253 e. The van der Waals surface area contributed by atoms with Crippen LogP contribution in [0.4, 0.5) is 4.39 Å². The first-order chi connectivity index (χ1) is 12.0. The van der Waals surface area contributed by atoms with Gasteiger partial charge in [-0.2, -0.15) is 0 Å². The molecular formula is C19H24FN3O2. The highest BCUT2D eigenvalue weighted by atomic mass is 19.1. The molecule has 1 aromatic carbocycles. The van der Waals surface area contributed by atoms with E-state index >= 15 is 0 Å². The van der Waals surface area contributed by atoms with Crippen LogP contribution in [0.5, 0.6) is 5.75 Å². The normalized spacial score (nSPS) is 15.4. The quantitative estimate of drug-likeness (QED) is 0.855. The van der Waals surface area contributed by atoms with Crippen LogP contribution in [0.3, 0.4) is 0 Å². The second-order valence-corrected chi connectivity index (χ2v) is 6.64. The van der Waals surface area contributed by atoms with E-state index in [1.807, 2.05) is 18.0 Å². The molecule has 0 N–H and O–H groups in total. The summed E-state index contributed by atoms with van der Waals surface area (Å²) in [7, 11) is 1.41. The fraction of sp³-hybridized carbons (Fsp3) is 0.474. The van der Waals surface area contributed by atoms with Gasteiger partial charge in [0.2, 0.25) is 0 Å². The number of piperidine rings is 1. The molecule has 25 heavy (non-hydrogen) atoms. The SMILES string of the molecule is COc1ccc(C(=O)N2CCC(Cn3c(C)cnc3C)CC2)cc1F. The molecule has 5 nitrogen and oxygen atoms in total. The first-order valence-corrected chi connectivity index (χ1v) is 8.61. The van der Waals surface area contributed by atoms with Gasteiger partial charge in [0.1, 0.15) is 5.82 Å². The molecular weight excluding hydrogens is 321 g/mol. The van der Waals surface area contributed by atoms with Gasteiger partial charge in [0.15, 0.2) is 11.6 Å². The lowest BCUT2D eigenvalue weighted by Crippen LogP contribution is -2.39. The zero-order chi connectivity index (χ0) is 18.0. The molecule has 2 heterocycles. The molecule has 1 fully saturated rings. The number of carbonyl (C=O) groups is 1. The van der Waals surface area contributed by atoms with Gasteiger partial charge >= 0.3 is 0 Å². The Hall–Kier alpha value is -2.37. The minimum atomic E-state index is -0.505. The van der Waals surface area contributed by atoms with Crippen molar-refractivity contribution in [3.63, 3.8) is 0 Å². The number of benzene rings is 1. The molecule has 1 saturated heterocycles. The lowest BCUT2D eigenvalue weighted by molar-refractivity contribution is 0.0681. The lowest BCUT2D eigenvalue weighted by atomic mass is 9.96. The number of nitrogens with zero attached hydrogens (tertiary/aromatic N) is 3. The molecule has 0 unspecified atom stereocenters. The Morgan fingerprint density at radius 1 is 1.32 bits per heavy atom. The fourth-order valence-electron chi connectivity index (χ4n) is 3.42. The molecule has 6 heteroatoms. The van der Waals surface area contributed by atoms with Crippen molar-refractivity contribution in [3.05, 3.63) is 47.3 Å². The van der Waals surface area contributed by atoms with E-state index in [1.54, 1.807) is 6.07 Å². The van der Waals surface area contributed by atoms with Crippen molar-refractivity contribution in [2.75, 3.05) is 20.2 Å². The van der Waals surface area contributed by atoms with Crippen molar-refractivity contribution < 1.29 is 13.9 Å². The number of likely N-dealkylation sites (tertiary alicyclic amines) is 1. The molecule has 134 valence electrons. The maximum Gasteiger partial charge on any atom is 0.253 e. The van der Waals surface area contributed by atoms with Gasteiger partial charge in [-0.15, -0.1) is 0 Å². The molecule has 0 bridgehead atoms. The van der Waals surface area contributed by atoms with E-state index in [0.29, 0.717) is 24.6 Å². The Morgan fingerprint density at radius 2 is 2.04 bits per heavy atom. The molecule has 1 amide bonds. The van der Waals surface area contributed by atoms with E-state index < -0.39 is 5.82 Å². The third-order valence-electron chi connectivity index (χ3n) is 5.00. The van der Waals surface area contributed by atoms with Crippen molar-refractivity contribution in [2.45, 2.75) is 33.2 Å². The maximum atomic E-state index is 13.8. The number of amides is 1. The van der Waals surface area contributed by atoms with Crippen LogP contribution in [0, 0.1) is 25.6 Å². The van der Waals surface area contributed by atoms with Crippen LogP contribution in [-0.4, -0.2) is 40.6 Å². The second-order valence-electron chi connectivity index (χ2n) is 6.64. The summed E-state index contributed by atoms with van der Waals surface area (Å²) in [6.07, 6.45) is 3.79. The number of hydrogen-bond donors (Lipinski definition) is 0. The van der Waals surface area contributed by atoms with E-state index in [4.69, 9.17) is 4.74 Å². The average molecular weight is 345 g/mol. The summed E-state index contributed by atoms with van der Waals surface area (Å²) in [4.78, 5) is 18.7. The maximum absolute atomic E-state index is 13.8. The summed E-state index contributed by atoms with van der Waals surface area (Å²) in [5, 5.41) is 0. The molecule has 0 saturated carbocycles.